The van der Waals surface area contributed by atoms with E-state index in [9.17, 15) is 9.90 Å². The van der Waals surface area contributed by atoms with Crippen molar-refractivity contribution in [2.24, 2.45) is 0 Å². The van der Waals surface area contributed by atoms with Crippen LogP contribution in [0, 0.1) is 0 Å². The summed E-state index contributed by atoms with van der Waals surface area (Å²) in [4.78, 5) is 18.0. The summed E-state index contributed by atoms with van der Waals surface area (Å²) in [7, 11) is 0. The fourth-order valence-electron chi connectivity index (χ4n) is 3.47. The molecule has 0 bridgehead atoms. The second-order valence-corrected chi connectivity index (χ2v) is 8.02. The van der Waals surface area contributed by atoms with Crippen LogP contribution in [-0.4, -0.2) is 59.1 Å². The van der Waals surface area contributed by atoms with Crippen molar-refractivity contribution in [2.45, 2.75) is 44.6 Å². The fraction of sp³-hybridized carbons (Fsp3) is 0.706. The lowest BCUT2D eigenvalue weighted by Crippen LogP contribution is -2.45. The van der Waals surface area contributed by atoms with Gasteiger partial charge in [0.15, 0.2) is 0 Å². The largest absolute Gasteiger partial charge is 0.387 e. The number of carbonyl (C=O) groups is 1. The third kappa shape index (κ3) is 3.36. The normalized spacial score (nSPS) is 26.3. The number of nitrogens with zero attached hydrogens (tertiary/aromatic N) is 2. The van der Waals surface area contributed by atoms with E-state index in [1.165, 1.54) is 17.7 Å². The monoisotopic (exact) mass is 322 g/mol. The zero-order chi connectivity index (χ0) is 15.7. The van der Waals surface area contributed by atoms with E-state index in [0.29, 0.717) is 32.0 Å². The molecule has 1 aromatic heterocycles. The van der Waals surface area contributed by atoms with Crippen LogP contribution in [0.1, 0.15) is 54.3 Å². The first-order valence-corrected chi connectivity index (χ1v) is 9.17. The van der Waals surface area contributed by atoms with Crippen molar-refractivity contribution < 1.29 is 9.90 Å². The average molecular weight is 322 g/mol. The molecule has 22 heavy (non-hydrogen) atoms. The molecule has 0 radical (unpaired) electrons. The Morgan fingerprint density at radius 2 is 2.09 bits per heavy atom. The lowest BCUT2D eigenvalue weighted by molar-refractivity contribution is 0.0175. The minimum Gasteiger partial charge on any atom is -0.387 e. The van der Waals surface area contributed by atoms with Crippen molar-refractivity contribution in [3.8, 4) is 0 Å². The van der Waals surface area contributed by atoms with Crippen LogP contribution in [0.2, 0.25) is 0 Å². The molecule has 3 rings (SSSR count). The smallest absolute Gasteiger partial charge is 0.254 e. The Morgan fingerprint density at radius 3 is 2.73 bits per heavy atom. The molecule has 1 aromatic rings. The van der Waals surface area contributed by atoms with Crippen LogP contribution in [0.25, 0.3) is 0 Å². The molecule has 1 amide bonds. The van der Waals surface area contributed by atoms with Gasteiger partial charge in [0, 0.05) is 23.3 Å². The number of carbonyl (C=O) groups excluding carboxylic acids is 1. The molecular weight excluding hydrogens is 296 g/mol. The van der Waals surface area contributed by atoms with Gasteiger partial charge in [-0.3, -0.25) is 4.79 Å². The number of rotatable bonds is 4. The Morgan fingerprint density at radius 1 is 1.36 bits per heavy atom. The molecule has 2 saturated heterocycles. The summed E-state index contributed by atoms with van der Waals surface area (Å²) in [5.74, 6) is 0.526. The summed E-state index contributed by atoms with van der Waals surface area (Å²) in [6.45, 7) is 8.29. The van der Waals surface area contributed by atoms with Crippen molar-refractivity contribution in [3.63, 3.8) is 0 Å². The van der Waals surface area contributed by atoms with Gasteiger partial charge in [-0.05, 0) is 44.3 Å². The van der Waals surface area contributed by atoms with Gasteiger partial charge in [0.1, 0.15) is 0 Å². The molecule has 1 atom stereocenters. The van der Waals surface area contributed by atoms with Crippen LogP contribution in [0.4, 0.5) is 0 Å². The van der Waals surface area contributed by atoms with Gasteiger partial charge in [-0.15, -0.1) is 11.3 Å². The molecule has 4 nitrogen and oxygen atoms in total. The lowest BCUT2D eigenvalue weighted by atomic mass is 10.0. The summed E-state index contributed by atoms with van der Waals surface area (Å²) in [5.41, 5.74) is 0.0517. The summed E-state index contributed by atoms with van der Waals surface area (Å²) in [5, 5.41) is 12.7. The minimum atomic E-state index is -0.725. The lowest BCUT2D eigenvalue weighted by Gasteiger charge is -2.28. The van der Waals surface area contributed by atoms with Gasteiger partial charge in [-0.25, -0.2) is 0 Å². The highest BCUT2D eigenvalue weighted by Crippen LogP contribution is 2.28. The Hall–Kier alpha value is -0.910. The third-order valence-electron chi connectivity index (χ3n) is 4.77. The van der Waals surface area contributed by atoms with Gasteiger partial charge in [0.05, 0.1) is 17.7 Å². The fourth-order valence-corrected chi connectivity index (χ4v) is 4.37. The average Bonchev–Trinajstić information content (AvgIpc) is 3.18. The molecule has 2 aliphatic heterocycles. The van der Waals surface area contributed by atoms with E-state index < -0.39 is 5.60 Å². The second kappa shape index (κ2) is 6.30. The highest BCUT2D eigenvalue weighted by Gasteiger charge is 2.40. The van der Waals surface area contributed by atoms with Crippen molar-refractivity contribution in [2.75, 3.05) is 32.7 Å². The molecule has 1 N–H and O–H groups in total. The molecule has 0 aromatic carbocycles. The van der Waals surface area contributed by atoms with Gasteiger partial charge in [0.2, 0.25) is 0 Å². The first kappa shape index (κ1) is 16.0. The standard InChI is InChI=1S/C17H26N2O2S/c1-13(2)15-9-14(10-22-15)16(20)19-8-5-17(21,12-19)11-18-6-3-4-7-18/h9-10,13,21H,3-8,11-12H2,1-2H3. The third-order valence-corrected chi connectivity index (χ3v) is 6.01. The quantitative estimate of drug-likeness (QED) is 0.926. The van der Waals surface area contributed by atoms with E-state index in [2.05, 4.69) is 18.7 Å². The Labute approximate surface area is 136 Å². The van der Waals surface area contributed by atoms with Gasteiger partial charge < -0.3 is 14.9 Å². The number of thiophene rings is 1. The Kier molecular flexibility index (Phi) is 4.57. The molecule has 3 heterocycles. The summed E-state index contributed by atoms with van der Waals surface area (Å²) in [6.07, 6.45) is 3.15. The highest BCUT2D eigenvalue weighted by molar-refractivity contribution is 7.10. The first-order chi connectivity index (χ1) is 10.5. The first-order valence-electron chi connectivity index (χ1n) is 8.29. The van der Waals surface area contributed by atoms with E-state index in [1.807, 2.05) is 16.3 Å². The Balaban J connectivity index is 1.62. The number of β-amino-alcohol motifs (C(OH)–C–C–N with tert-alkyl or cyclic N) is 1. The van der Waals surface area contributed by atoms with Gasteiger partial charge in [0.25, 0.3) is 5.91 Å². The Bertz CT molecular complexity index is 537. The maximum atomic E-state index is 12.6. The number of hydrogen-bond donors (Lipinski definition) is 1. The van der Waals surface area contributed by atoms with E-state index in [-0.39, 0.29) is 5.91 Å². The van der Waals surface area contributed by atoms with Gasteiger partial charge in [-0.2, -0.15) is 0 Å². The van der Waals surface area contributed by atoms with Crippen molar-refractivity contribution in [1.82, 2.24) is 9.80 Å². The summed E-state index contributed by atoms with van der Waals surface area (Å²) in [6, 6.07) is 2.01. The van der Waals surface area contributed by atoms with Crippen molar-refractivity contribution >= 4 is 17.2 Å². The number of amides is 1. The van der Waals surface area contributed by atoms with Gasteiger partial charge >= 0.3 is 0 Å². The molecule has 0 saturated carbocycles. The zero-order valence-electron chi connectivity index (χ0n) is 13.5. The van der Waals surface area contributed by atoms with Crippen molar-refractivity contribution in [1.29, 1.82) is 0 Å². The van der Waals surface area contributed by atoms with Crippen LogP contribution in [0.15, 0.2) is 11.4 Å². The molecule has 0 spiro atoms. The molecule has 122 valence electrons. The van der Waals surface area contributed by atoms with Crippen LogP contribution >= 0.6 is 11.3 Å². The maximum Gasteiger partial charge on any atom is 0.254 e. The maximum absolute atomic E-state index is 12.6. The molecule has 2 fully saturated rings. The molecule has 5 heteroatoms. The van der Waals surface area contributed by atoms with Crippen LogP contribution in [0.5, 0.6) is 0 Å². The van der Waals surface area contributed by atoms with E-state index in [0.717, 1.165) is 18.7 Å². The SMILES string of the molecule is CC(C)c1cc(C(=O)N2CCC(O)(CN3CCCC3)C2)cs1. The van der Waals surface area contributed by atoms with E-state index in [4.69, 9.17) is 0 Å². The second-order valence-electron chi connectivity index (χ2n) is 7.08. The highest BCUT2D eigenvalue weighted by atomic mass is 32.1. The van der Waals surface area contributed by atoms with E-state index >= 15 is 0 Å². The topological polar surface area (TPSA) is 43.8 Å². The van der Waals surface area contributed by atoms with Crippen LogP contribution in [-0.2, 0) is 0 Å². The summed E-state index contributed by atoms with van der Waals surface area (Å²) >= 11 is 1.65. The van der Waals surface area contributed by atoms with Gasteiger partial charge in [-0.1, -0.05) is 13.8 Å². The molecular formula is C17H26N2O2S. The molecule has 0 aliphatic carbocycles. The number of hydrogen-bond acceptors (Lipinski definition) is 4. The number of likely N-dealkylation sites (tertiary alicyclic amines) is 2. The summed E-state index contributed by atoms with van der Waals surface area (Å²) < 4.78 is 0. The van der Waals surface area contributed by atoms with E-state index in [1.54, 1.807) is 11.3 Å². The van der Waals surface area contributed by atoms with Crippen molar-refractivity contribution in [3.05, 3.63) is 21.9 Å². The molecule has 1 unspecified atom stereocenters. The molecule has 2 aliphatic rings. The predicted octanol–water partition coefficient (Wildman–Crippen LogP) is 2.54. The number of aliphatic hydroxyl groups is 1. The van der Waals surface area contributed by atoms with Crippen LogP contribution in [0.3, 0.4) is 0 Å². The predicted molar refractivity (Wildman–Crippen MR) is 89.6 cm³/mol. The minimum absolute atomic E-state index is 0.0699. The van der Waals surface area contributed by atoms with Crippen LogP contribution < -0.4 is 0 Å². The zero-order valence-corrected chi connectivity index (χ0v) is 14.4.